The van der Waals surface area contributed by atoms with Crippen molar-refractivity contribution in [3.05, 3.63) is 80.9 Å². The summed E-state index contributed by atoms with van der Waals surface area (Å²) in [5.41, 5.74) is 12.4. The smallest absolute Gasteiger partial charge is 0.00880 e. The highest BCUT2D eigenvalue weighted by Gasteiger charge is 2.21. The summed E-state index contributed by atoms with van der Waals surface area (Å²) in [5, 5.41) is 0. The Hall–Kier alpha value is -2.08. The molecule has 28 heavy (non-hydrogen) atoms. The van der Waals surface area contributed by atoms with Crippen molar-refractivity contribution in [2.45, 2.75) is 78.1 Å². The number of aryl methyl sites for hydroxylation is 2. The fraction of sp³-hybridized carbons (Fsp3) is 0.429. The molecule has 0 aliphatic heterocycles. The molecule has 0 radical (unpaired) electrons. The van der Waals surface area contributed by atoms with Gasteiger partial charge in [-0.3, -0.25) is 0 Å². The van der Waals surface area contributed by atoms with Crippen LogP contribution in [0.3, 0.4) is 0 Å². The van der Waals surface area contributed by atoms with Crippen LogP contribution in [0.1, 0.15) is 86.1 Å². The number of allylic oxidation sites excluding steroid dienone is 2. The van der Waals surface area contributed by atoms with Crippen molar-refractivity contribution in [3.63, 3.8) is 0 Å². The van der Waals surface area contributed by atoms with Crippen molar-refractivity contribution in [1.29, 1.82) is 0 Å². The molecule has 4 rings (SSSR count). The van der Waals surface area contributed by atoms with Crippen LogP contribution in [0.25, 0.3) is 12.2 Å². The first-order valence-electron chi connectivity index (χ1n) is 10.8. The summed E-state index contributed by atoms with van der Waals surface area (Å²) in [5.74, 6) is 0. The average molecular weight is 371 g/mol. The van der Waals surface area contributed by atoms with Crippen LogP contribution in [0, 0.1) is 0 Å². The number of benzene rings is 2. The zero-order valence-electron chi connectivity index (χ0n) is 18.4. The number of hydrogen-bond acceptors (Lipinski definition) is 0. The molecule has 0 N–H and O–H groups in total. The summed E-state index contributed by atoms with van der Waals surface area (Å²) in [7, 11) is 0. The molecule has 2 aromatic rings. The Morgan fingerprint density at radius 3 is 1.36 bits per heavy atom. The maximum atomic E-state index is 2.47. The lowest BCUT2D eigenvalue weighted by Gasteiger charge is -2.23. The highest BCUT2D eigenvalue weighted by atomic mass is 14.3. The van der Waals surface area contributed by atoms with E-state index in [1.807, 2.05) is 0 Å². The highest BCUT2D eigenvalue weighted by Crippen LogP contribution is 2.34. The van der Waals surface area contributed by atoms with Gasteiger partial charge in [0.25, 0.3) is 0 Å². The molecule has 2 aliphatic carbocycles. The van der Waals surface area contributed by atoms with Gasteiger partial charge in [-0.05, 0) is 81.0 Å². The predicted octanol–water partition coefficient (Wildman–Crippen LogP) is 7.21. The van der Waals surface area contributed by atoms with Crippen molar-refractivity contribution in [2.24, 2.45) is 0 Å². The van der Waals surface area contributed by atoms with Gasteiger partial charge in [-0.1, -0.05) is 90.1 Å². The van der Waals surface area contributed by atoms with Crippen molar-refractivity contribution < 1.29 is 0 Å². The minimum atomic E-state index is 0.197. The van der Waals surface area contributed by atoms with Gasteiger partial charge in [-0.2, -0.15) is 0 Å². The largest absolute Gasteiger partial charge is 0.0795 e. The fourth-order valence-corrected chi connectivity index (χ4v) is 4.48. The summed E-state index contributed by atoms with van der Waals surface area (Å²) >= 11 is 0. The molecule has 0 spiro atoms. The van der Waals surface area contributed by atoms with Gasteiger partial charge in [0.05, 0.1) is 0 Å². The summed E-state index contributed by atoms with van der Waals surface area (Å²) in [6, 6.07) is 9.80. The Labute approximate surface area is 171 Å². The van der Waals surface area contributed by atoms with Gasteiger partial charge in [0.15, 0.2) is 0 Å². The van der Waals surface area contributed by atoms with Crippen LogP contribution in [-0.2, 0) is 36.5 Å². The third-order valence-corrected chi connectivity index (χ3v) is 6.34. The van der Waals surface area contributed by atoms with Gasteiger partial charge < -0.3 is 0 Å². The van der Waals surface area contributed by atoms with E-state index in [9.17, 15) is 0 Å². The third-order valence-electron chi connectivity index (χ3n) is 6.34. The first-order chi connectivity index (χ1) is 13.1. The zero-order chi connectivity index (χ0) is 20.1. The molecule has 2 aliphatic rings. The molecule has 0 saturated heterocycles. The van der Waals surface area contributed by atoms with Crippen molar-refractivity contribution >= 4 is 12.2 Å². The molecule has 0 atom stereocenters. The SMILES string of the molecule is CC(C)(C)c1cc2c(c(CCc3cc(C(C)(C)C)cc4c3C=CC4)c1)C=CC2. The molecular weight excluding hydrogens is 336 g/mol. The Balaban J connectivity index is 1.69. The quantitative estimate of drug-likeness (QED) is 0.535. The lowest BCUT2D eigenvalue weighted by molar-refractivity contribution is 0.587. The average Bonchev–Trinajstić information content (AvgIpc) is 3.26. The van der Waals surface area contributed by atoms with Crippen LogP contribution in [-0.4, -0.2) is 0 Å². The molecule has 0 fully saturated rings. The molecule has 0 bridgehead atoms. The van der Waals surface area contributed by atoms with Gasteiger partial charge >= 0.3 is 0 Å². The molecule has 0 aromatic heterocycles. The van der Waals surface area contributed by atoms with Gasteiger partial charge in [0.1, 0.15) is 0 Å². The fourth-order valence-electron chi connectivity index (χ4n) is 4.48. The molecule has 146 valence electrons. The number of fused-ring (bicyclic) bond motifs is 2. The van der Waals surface area contributed by atoms with E-state index in [0.717, 1.165) is 25.7 Å². The van der Waals surface area contributed by atoms with E-state index in [-0.39, 0.29) is 10.8 Å². The van der Waals surface area contributed by atoms with Gasteiger partial charge in [0.2, 0.25) is 0 Å². The summed E-state index contributed by atoms with van der Waals surface area (Å²) in [6.45, 7) is 13.9. The molecule has 0 nitrogen and oxygen atoms in total. The predicted molar refractivity (Wildman–Crippen MR) is 123 cm³/mol. The van der Waals surface area contributed by atoms with Crippen molar-refractivity contribution in [1.82, 2.24) is 0 Å². The van der Waals surface area contributed by atoms with Gasteiger partial charge in [-0.25, -0.2) is 0 Å². The van der Waals surface area contributed by atoms with Gasteiger partial charge in [0, 0.05) is 0 Å². The highest BCUT2D eigenvalue weighted by molar-refractivity contribution is 5.66. The Morgan fingerprint density at radius 2 is 1.00 bits per heavy atom. The summed E-state index contributed by atoms with van der Waals surface area (Å²) < 4.78 is 0. The van der Waals surface area contributed by atoms with E-state index in [2.05, 4.69) is 90.1 Å². The van der Waals surface area contributed by atoms with Crippen LogP contribution in [0.4, 0.5) is 0 Å². The van der Waals surface area contributed by atoms with E-state index in [1.165, 1.54) is 44.5 Å². The first kappa shape index (κ1) is 19.2. The minimum absolute atomic E-state index is 0.197. The van der Waals surface area contributed by atoms with E-state index < -0.39 is 0 Å². The molecule has 0 saturated carbocycles. The lowest BCUT2D eigenvalue weighted by atomic mass is 9.81. The molecule has 0 unspecified atom stereocenters. The van der Waals surface area contributed by atoms with Crippen LogP contribution in [0.2, 0.25) is 0 Å². The second kappa shape index (κ2) is 6.76. The topological polar surface area (TPSA) is 0 Å². The van der Waals surface area contributed by atoms with Crippen LogP contribution < -0.4 is 0 Å². The molecular formula is C28H34. The van der Waals surface area contributed by atoms with Crippen LogP contribution >= 0.6 is 0 Å². The summed E-state index contributed by atoms with van der Waals surface area (Å²) in [6.07, 6.45) is 13.7. The van der Waals surface area contributed by atoms with Gasteiger partial charge in [-0.15, -0.1) is 0 Å². The summed E-state index contributed by atoms with van der Waals surface area (Å²) in [4.78, 5) is 0. The Morgan fingerprint density at radius 1 is 0.607 bits per heavy atom. The second-order valence-corrected chi connectivity index (χ2v) is 10.6. The van der Waals surface area contributed by atoms with E-state index in [0.29, 0.717) is 0 Å². The molecule has 2 aromatic carbocycles. The Kier molecular flexibility index (Phi) is 4.65. The van der Waals surface area contributed by atoms with Crippen LogP contribution in [0.5, 0.6) is 0 Å². The second-order valence-electron chi connectivity index (χ2n) is 10.6. The first-order valence-corrected chi connectivity index (χ1v) is 10.8. The van der Waals surface area contributed by atoms with Crippen LogP contribution in [0.15, 0.2) is 36.4 Å². The van der Waals surface area contributed by atoms with Crippen molar-refractivity contribution in [3.8, 4) is 0 Å². The maximum absolute atomic E-state index is 2.47. The van der Waals surface area contributed by atoms with E-state index in [1.54, 1.807) is 0 Å². The normalized spacial score (nSPS) is 15.2. The van der Waals surface area contributed by atoms with E-state index >= 15 is 0 Å². The molecule has 0 amide bonds. The zero-order valence-corrected chi connectivity index (χ0v) is 18.4. The number of rotatable bonds is 3. The van der Waals surface area contributed by atoms with Crippen molar-refractivity contribution in [2.75, 3.05) is 0 Å². The van der Waals surface area contributed by atoms with E-state index in [4.69, 9.17) is 0 Å². The maximum Gasteiger partial charge on any atom is -0.00880 e. The Bertz CT molecular complexity index is 887. The molecule has 0 heteroatoms. The minimum Gasteiger partial charge on any atom is -0.0795 e. The lowest BCUT2D eigenvalue weighted by Crippen LogP contribution is -2.14. The standard InChI is InChI=1S/C28H34/c1-27(2,3)23-15-19-9-7-11-25(19)21(17-23)13-14-22-18-24(28(4,5)6)16-20-10-8-12-26(20)22/h7-8,11-12,15-18H,9-10,13-14H2,1-6H3. The monoisotopic (exact) mass is 370 g/mol. The number of hydrogen-bond donors (Lipinski definition) is 0. The third kappa shape index (κ3) is 3.62. The molecule has 0 heterocycles.